The first kappa shape index (κ1) is 23.9. The molecular weight excluding hydrogens is 497 g/mol. The number of anilines is 1. The average molecular weight is 512 g/mol. The Bertz CT molecular complexity index is 1390. The molecule has 4 amide bonds. The Morgan fingerprint density at radius 2 is 1.74 bits per heavy atom. The summed E-state index contributed by atoms with van der Waals surface area (Å²) in [6.07, 6.45) is 1.29. The summed E-state index contributed by atoms with van der Waals surface area (Å²) < 4.78 is 5.72. The number of hydrogen-bond acceptors (Lipinski definition) is 6. The van der Waals surface area contributed by atoms with E-state index in [2.05, 4.69) is 5.32 Å². The number of urea groups is 1. The van der Waals surface area contributed by atoms with Crippen LogP contribution in [0.1, 0.15) is 11.1 Å². The van der Waals surface area contributed by atoms with Gasteiger partial charge in [0.15, 0.2) is 0 Å². The molecule has 35 heavy (non-hydrogen) atoms. The van der Waals surface area contributed by atoms with Crippen LogP contribution in [-0.4, -0.2) is 22.8 Å². The molecule has 1 aliphatic rings. The van der Waals surface area contributed by atoms with Gasteiger partial charge in [-0.3, -0.25) is 25.0 Å². The van der Waals surface area contributed by atoms with Crippen LogP contribution in [0.5, 0.6) is 5.75 Å². The number of nitro benzene ring substituents is 1. The van der Waals surface area contributed by atoms with Gasteiger partial charge in [0.05, 0.1) is 15.6 Å². The second-order valence-electron chi connectivity index (χ2n) is 7.34. The van der Waals surface area contributed by atoms with Crippen LogP contribution >= 0.6 is 23.2 Å². The van der Waals surface area contributed by atoms with Gasteiger partial charge in [-0.15, -0.1) is 0 Å². The fourth-order valence-corrected chi connectivity index (χ4v) is 3.75. The lowest BCUT2D eigenvalue weighted by Crippen LogP contribution is -2.54. The van der Waals surface area contributed by atoms with Crippen LogP contribution in [0.3, 0.4) is 0 Å². The standard InChI is InChI=1S/C24H15Cl2N3O6/c25-16-3-1-2-15(10-16)13-35-21-9-4-14(12-20(21)26)11-19-22(30)27-24(32)28(23(19)31)17-5-7-18(8-6-17)29(33)34/h1-12H,13H2,(H,27,30,32)/b19-11+. The van der Waals surface area contributed by atoms with Crippen LogP contribution in [0.25, 0.3) is 6.08 Å². The van der Waals surface area contributed by atoms with E-state index in [1.54, 1.807) is 30.3 Å². The average Bonchev–Trinajstić information content (AvgIpc) is 2.81. The van der Waals surface area contributed by atoms with Crippen molar-refractivity contribution in [1.29, 1.82) is 0 Å². The third kappa shape index (κ3) is 5.32. The fraction of sp³-hybridized carbons (Fsp3) is 0.0417. The number of benzene rings is 3. The summed E-state index contributed by atoms with van der Waals surface area (Å²) in [6.45, 7) is 0.230. The number of carbonyl (C=O) groups excluding carboxylic acids is 3. The van der Waals surface area contributed by atoms with Crippen LogP contribution in [0.15, 0.2) is 72.3 Å². The first-order valence-electron chi connectivity index (χ1n) is 10.1. The molecule has 1 N–H and O–H groups in total. The van der Waals surface area contributed by atoms with E-state index in [1.807, 2.05) is 6.07 Å². The molecule has 0 unspecified atom stereocenters. The predicted molar refractivity (Wildman–Crippen MR) is 129 cm³/mol. The molecule has 0 bridgehead atoms. The zero-order valence-electron chi connectivity index (χ0n) is 17.7. The number of rotatable bonds is 6. The van der Waals surface area contributed by atoms with Crippen LogP contribution in [0.2, 0.25) is 10.0 Å². The molecule has 3 aromatic carbocycles. The van der Waals surface area contributed by atoms with Crippen molar-refractivity contribution in [2.45, 2.75) is 6.61 Å². The Labute approximate surface area is 208 Å². The molecule has 1 aliphatic heterocycles. The molecule has 1 saturated heterocycles. The van der Waals surface area contributed by atoms with E-state index in [0.29, 0.717) is 16.3 Å². The molecule has 3 aromatic rings. The van der Waals surface area contributed by atoms with Crippen molar-refractivity contribution in [2.24, 2.45) is 0 Å². The molecule has 1 heterocycles. The van der Waals surface area contributed by atoms with Crippen molar-refractivity contribution < 1.29 is 24.0 Å². The van der Waals surface area contributed by atoms with Crippen molar-refractivity contribution in [3.05, 3.63) is 104 Å². The lowest BCUT2D eigenvalue weighted by atomic mass is 10.1. The normalized spacial score (nSPS) is 14.7. The molecule has 0 saturated carbocycles. The van der Waals surface area contributed by atoms with Gasteiger partial charge >= 0.3 is 6.03 Å². The van der Waals surface area contributed by atoms with Crippen LogP contribution in [0, 0.1) is 10.1 Å². The van der Waals surface area contributed by atoms with Gasteiger partial charge in [0.25, 0.3) is 17.5 Å². The lowest BCUT2D eigenvalue weighted by Gasteiger charge is -2.26. The van der Waals surface area contributed by atoms with Crippen molar-refractivity contribution in [3.63, 3.8) is 0 Å². The molecule has 0 aromatic heterocycles. The van der Waals surface area contributed by atoms with Crippen molar-refractivity contribution in [1.82, 2.24) is 5.32 Å². The number of barbiturate groups is 1. The number of nitrogens with one attached hydrogen (secondary N) is 1. The summed E-state index contributed by atoms with van der Waals surface area (Å²) in [4.78, 5) is 48.6. The first-order valence-corrected chi connectivity index (χ1v) is 10.8. The lowest BCUT2D eigenvalue weighted by molar-refractivity contribution is -0.384. The Kier molecular flexibility index (Phi) is 6.81. The molecule has 0 atom stereocenters. The largest absolute Gasteiger partial charge is 0.487 e. The van der Waals surface area contributed by atoms with Crippen LogP contribution in [0.4, 0.5) is 16.2 Å². The van der Waals surface area contributed by atoms with Gasteiger partial charge in [0.1, 0.15) is 17.9 Å². The van der Waals surface area contributed by atoms with E-state index in [0.717, 1.165) is 22.6 Å². The third-order valence-corrected chi connectivity index (χ3v) is 5.50. The van der Waals surface area contributed by atoms with Crippen molar-refractivity contribution in [2.75, 3.05) is 4.90 Å². The van der Waals surface area contributed by atoms with Gasteiger partial charge in [-0.2, -0.15) is 0 Å². The van der Waals surface area contributed by atoms with E-state index >= 15 is 0 Å². The molecule has 0 aliphatic carbocycles. The molecule has 0 radical (unpaired) electrons. The predicted octanol–water partition coefficient (Wildman–Crippen LogP) is 5.15. The van der Waals surface area contributed by atoms with Gasteiger partial charge in [-0.05, 0) is 53.6 Å². The van der Waals surface area contributed by atoms with E-state index in [1.165, 1.54) is 24.3 Å². The zero-order chi connectivity index (χ0) is 25.1. The Morgan fingerprint density at radius 1 is 1.00 bits per heavy atom. The van der Waals surface area contributed by atoms with Crippen molar-refractivity contribution in [3.8, 4) is 5.75 Å². The number of ether oxygens (including phenoxy) is 1. The number of halogens is 2. The highest BCUT2D eigenvalue weighted by Gasteiger charge is 2.37. The summed E-state index contributed by atoms with van der Waals surface area (Å²) in [5.41, 5.74) is 0.811. The molecule has 9 nitrogen and oxygen atoms in total. The maximum absolute atomic E-state index is 13.0. The van der Waals surface area contributed by atoms with Crippen molar-refractivity contribution >= 4 is 58.5 Å². The number of imide groups is 2. The summed E-state index contributed by atoms with van der Waals surface area (Å²) >= 11 is 12.3. The number of non-ortho nitro benzene ring substituents is 1. The monoisotopic (exact) mass is 511 g/mol. The molecule has 1 fully saturated rings. The smallest absolute Gasteiger partial charge is 0.335 e. The van der Waals surface area contributed by atoms with Gasteiger partial charge in [0, 0.05) is 17.2 Å². The fourth-order valence-electron chi connectivity index (χ4n) is 3.29. The highest BCUT2D eigenvalue weighted by molar-refractivity contribution is 6.39. The summed E-state index contributed by atoms with van der Waals surface area (Å²) in [5.74, 6) is -1.38. The number of nitro groups is 1. The zero-order valence-corrected chi connectivity index (χ0v) is 19.2. The second-order valence-corrected chi connectivity index (χ2v) is 8.18. The summed E-state index contributed by atoms with van der Waals surface area (Å²) in [7, 11) is 0. The minimum Gasteiger partial charge on any atom is -0.487 e. The highest BCUT2D eigenvalue weighted by atomic mass is 35.5. The minimum atomic E-state index is -0.964. The SMILES string of the molecule is O=C1NC(=O)N(c2ccc([N+](=O)[O-])cc2)C(=O)/C1=C/c1ccc(OCc2cccc(Cl)c2)c(Cl)c1. The minimum absolute atomic E-state index is 0.0688. The maximum atomic E-state index is 13.0. The Morgan fingerprint density at radius 3 is 2.40 bits per heavy atom. The van der Waals surface area contributed by atoms with Gasteiger partial charge in [-0.25, -0.2) is 9.69 Å². The molecule has 176 valence electrons. The molecule has 0 spiro atoms. The Balaban J connectivity index is 1.56. The van der Waals surface area contributed by atoms with E-state index in [9.17, 15) is 24.5 Å². The second kappa shape index (κ2) is 9.96. The topological polar surface area (TPSA) is 119 Å². The number of carbonyl (C=O) groups is 3. The maximum Gasteiger partial charge on any atom is 0.335 e. The van der Waals surface area contributed by atoms with Gasteiger partial charge < -0.3 is 4.74 Å². The van der Waals surface area contributed by atoms with Gasteiger partial charge in [0.2, 0.25) is 0 Å². The number of hydrogen-bond donors (Lipinski definition) is 1. The Hall–Kier alpha value is -4.21. The summed E-state index contributed by atoms with van der Waals surface area (Å²) in [5, 5.41) is 13.8. The number of amides is 4. The first-order chi connectivity index (χ1) is 16.7. The van der Waals surface area contributed by atoms with E-state index in [4.69, 9.17) is 27.9 Å². The molecular formula is C24H15Cl2N3O6. The van der Waals surface area contributed by atoms with E-state index in [-0.39, 0.29) is 28.6 Å². The van der Waals surface area contributed by atoms with Crippen LogP contribution < -0.4 is 15.0 Å². The third-order valence-electron chi connectivity index (χ3n) is 4.97. The van der Waals surface area contributed by atoms with Crippen LogP contribution in [-0.2, 0) is 16.2 Å². The molecule has 4 rings (SSSR count). The summed E-state index contributed by atoms with van der Waals surface area (Å²) in [6, 6.07) is 15.7. The van der Waals surface area contributed by atoms with E-state index < -0.39 is 22.8 Å². The highest BCUT2D eigenvalue weighted by Crippen LogP contribution is 2.29. The quantitative estimate of drug-likeness (QED) is 0.211. The number of nitrogens with zero attached hydrogens (tertiary/aromatic N) is 2. The molecule has 11 heteroatoms. The van der Waals surface area contributed by atoms with Gasteiger partial charge in [-0.1, -0.05) is 41.4 Å².